The van der Waals surface area contributed by atoms with E-state index < -0.39 is 175 Å². The van der Waals surface area contributed by atoms with Gasteiger partial charge < -0.3 is 100 Å². The van der Waals surface area contributed by atoms with Crippen molar-refractivity contribution in [3.8, 4) is 0 Å². The van der Waals surface area contributed by atoms with Crippen molar-refractivity contribution in [1.82, 2.24) is 62.7 Å². The number of carbonyl (C=O) groups excluding carboxylic acids is 13. The number of carboxylic acid groups (broad SMARTS) is 1. The van der Waals surface area contributed by atoms with Crippen LogP contribution in [-0.2, 0) is 68.7 Å². The van der Waals surface area contributed by atoms with Crippen LogP contribution in [0.2, 0.25) is 0 Å². The summed E-state index contributed by atoms with van der Waals surface area (Å²) in [6.07, 6.45) is -4.89. The number of nitrogens with two attached hydrogens (primary N) is 2. The molecule has 1 aromatic rings. The van der Waals surface area contributed by atoms with Crippen LogP contribution in [0.5, 0.6) is 0 Å². The third-order valence-electron chi connectivity index (χ3n) is 11.4. The Morgan fingerprint density at radius 3 is 1.87 bits per heavy atom. The molecule has 0 aliphatic carbocycles. The molecule has 421 valence electrons. The van der Waals surface area contributed by atoms with Gasteiger partial charge in [0.1, 0.15) is 54.4 Å². The molecule has 2 saturated heterocycles. The number of hydrogen-bond donors (Lipinski definition) is 16. The van der Waals surface area contributed by atoms with Crippen molar-refractivity contribution in [3.63, 3.8) is 0 Å². The van der Waals surface area contributed by atoms with E-state index in [9.17, 15) is 82.8 Å². The zero-order valence-electron chi connectivity index (χ0n) is 41.4. The summed E-state index contributed by atoms with van der Waals surface area (Å²) in [7, 11) is 1.59. The number of quaternary nitrogens is 1. The van der Waals surface area contributed by atoms with Gasteiger partial charge in [0.2, 0.25) is 65.0 Å². The minimum absolute atomic E-state index is 0.0178. The number of hydrogen-bond acceptors (Lipinski definition) is 20. The fraction of sp³-hybridized carbons (Fsp3) is 0.595. The number of H-pyrrole nitrogens is 1. The van der Waals surface area contributed by atoms with Crippen LogP contribution in [0.15, 0.2) is 12.5 Å². The summed E-state index contributed by atoms with van der Waals surface area (Å²) in [6, 6.07) is -15.6. The van der Waals surface area contributed by atoms with E-state index in [0.717, 1.165) is 40.3 Å². The van der Waals surface area contributed by atoms with E-state index in [1.54, 1.807) is 0 Å². The molecule has 0 spiro atoms. The zero-order valence-corrected chi connectivity index (χ0v) is 43.0. The lowest BCUT2D eigenvalue weighted by Gasteiger charge is -2.32. The average Bonchev–Trinajstić information content (AvgIpc) is 4.06. The lowest BCUT2D eigenvalue weighted by atomic mass is 10.0. The van der Waals surface area contributed by atoms with Gasteiger partial charge in [0.15, 0.2) is 6.54 Å². The summed E-state index contributed by atoms with van der Waals surface area (Å²) < 4.78 is 0. The number of rotatable bonds is 15. The molecule has 20 N–H and O–H groups in total. The molecular formula is C42H64N15O17S2. The number of amides is 12. The summed E-state index contributed by atoms with van der Waals surface area (Å²) in [5.41, 5.74) is 14.5. The van der Waals surface area contributed by atoms with Crippen LogP contribution in [0, 0.1) is 6.54 Å². The first-order valence-corrected chi connectivity index (χ1v) is 25.9. The lowest BCUT2D eigenvalue weighted by Crippen LogP contribution is -2.63. The van der Waals surface area contributed by atoms with E-state index in [4.69, 9.17) is 11.5 Å². The second-order valence-corrected chi connectivity index (χ2v) is 20.0. The Kier molecular flexibility index (Phi) is 25.3. The Hall–Kier alpha value is -7.14. The maximum absolute atomic E-state index is 14.2. The average molecular weight is 1120 g/mol. The highest BCUT2D eigenvalue weighted by Crippen LogP contribution is 2.24. The number of nitrogens with one attached hydrogen (secondary N) is 10. The molecule has 12 amide bonds. The number of aromatic nitrogens is 2. The summed E-state index contributed by atoms with van der Waals surface area (Å²) in [5.74, 6) is -16.0. The van der Waals surface area contributed by atoms with Gasteiger partial charge in [0.25, 0.3) is 5.91 Å². The van der Waals surface area contributed by atoms with Crippen LogP contribution in [0.3, 0.4) is 0 Å². The van der Waals surface area contributed by atoms with Gasteiger partial charge in [0.05, 0.1) is 43.6 Å². The van der Waals surface area contributed by atoms with Crippen LogP contribution in [0.4, 0.5) is 0 Å². The van der Waals surface area contributed by atoms with Crippen molar-refractivity contribution in [1.29, 1.82) is 0 Å². The van der Waals surface area contributed by atoms with Crippen molar-refractivity contribution < 1.29 is 88.5 Å². The molecule has 0 aromatic carbocycles. The van der Waals surface area contributed by atoms with Crippen molar-refractivity contribution in [2.45, 2.75) is 132 Å². The Bertz CT molecular complexity index is 2290. The van der Waals surface area contributed by atoms with Gasteiger partial charge in [-0.3, -0.25) is 57.5 Å². The van der Waals surface area contributed by atoms with Crippen LogP contribution < -0.4 is 70.2 Å². The number of carboxylic acids is 1. The van der Waals surface area contributed by atoms with Crippen molar-refractivity contribution in [2.24, 2.45) is 11.5 Å². The molecule has 0 bridgehead atoms. The molecule has 12 unspecified atom stereocenters. The Morgan fingerprint density at radius 1 is 0.763 bits per heavy atom. The molecule has 2 fully saturated rings. The number of primary amides is 2. The largest absolute Gasteiger partial charge is 0.548 e. The van der Waals surface area contributed by atoms with E-state index >= 15 is 0 Å². The third-order valence-corrected chi connectivity index (χ3v) is 13.8. The Morgan fingerprint density at radius 2 is 1.32 bits per heavy atom. The standard InChI is InChI=1S/C42H64N15O17S2/c1-17(58)31-40(72)52-23(10-28(45)62)36(68)50-21(6-7-27(44)61)35(67)54-32(18(2)59)41(73)53-24(34(66)47-13-30(64)65)14-75-76-15-25(49-29(63)11-43)38(70)56-33(19(3)60)42(74)57-8-4-5-26(57)39(71)51-22(37(69)55-31)9-20-12-46-16-48-20/h12-13,16-19,21-26,31-33,58-60H,4-11,14-15,43H2,1-3H3,(H2,44,61)(H2,45,62)(H,46,48)(H,47,66)(H,49,63)(H,50,68)(H,51,71)(H,52,72)(H,53,73)(H,54,67)(H,55,69)(H,56,70)(H,64,65). The number of fused-ring (bicyclic) bond motifs is 1. The summed E-state index contributed by atoms with van der Waals surface area (Å²) in [4.78, 5) is 181. The number of aliphatic hydroxyl groups is 3. The van der Waals surface area contributed by atoms with Gasteiger partial charge in [-0.25, -0.2) is 4.98 Å². The Balaban J connectivity index is 2.17. The molecule has 34 heteroatoms. The third kappa shape index (κ3) is 19.9. The van der Waals surface area contributed by atoms with Gasteiger partial charge in [0, 0.05) is 42.8 Å². The number of aromatic amines is 1. The number of aliphatic hydroxyl groups excluding tert-OH is 3. The van der Waals surface area contributed by atoms with E-state index in [1.165, 1.54) is 19.4 Å². The fourth-order valence-electron chi connectivity index (χ4n) is 7.39. The van der Waals surface area contributed by atoms with Gasteiger partial charge >= 0.3 is 0 Å². The first-order chi connectivity index (χ1) is 35.7. The zero-order chi connectivity index (χ0) is 57.0. The molecular weight excluding hydrogens is 1050 g/mol. The second kappa shape index (κ2) is 30.4. The lowest BCUT2D eigenvalue weighted by molar-refractivity contribution is -0.355. The van der Waals surface area contributed by atoms with Crippen LogP contribution in [0.1, 0.15) is 58.6 Å². The normalized spacial score (nSPS) is 26.6. The van der Waals surface area contributed by atoms with Crippen molar-refractivity contribution in [2.75, 3.05) is 24.6 Å². The molecule has 12 atom stereocenters. The van der Waals surface area contributed by atoms with E-state index in [-0.39, 0.29) is 50.3 Å². The molecule has 0 saturated carbocycles. The monoisotopic (exact) mass is 1110 g/mol. The van der Waals surface area contributed by atoms with Crippen molar-refractivity contribution in [3.05, 3.63) is 24.8 Å². The topological polar surface area (TPSA) is 526 Å². The molecule has 1 radical (unpaired) electrons. The maximum atomic E-state index is 14.2. The Labute approximate surface area is 441 Å². The molecule has 2 aliphatic rings. The van der Waals surface area contributed by atoms with E-state index in [2.05, 4.69) is 58.2 Å². The van der Waals surface area contributed by atoms with Crippen LogP contribution in [-0.4, -0.2) is 204 Å². The fourth-order valence-corrected chi connectivity index (χ4v) is 9.72. The molecule has 3 rings (SSSR count). The highest BCUT2D eigenvalue weighted by Gasteiger charge is 2.42. The van der Waals surface area contributed by atoms with Gasteiger partial charge in [-0.2, -0.15) is 0 Å². The smallest absolute Gasteiger partial charge is 0.275 e. The number of nitrogens with zero attached hydrogens (tertiary/aromatic N) is 2. The first-order valence-electron chi connectivity index (χ1n) is 23.4. The molecule has 2 aliphatic heterocycles. The number of carbonyl (C=O) groups is 13. The predicted octanol–water partition coefficient (Wildman–Crippen LogP) is -11.2. The van der Waals surface area contributed by atoms with Crippen LogP contribution >= 0.6 is 21.6 Å². The number of imidazole rings is 1. The van der Waals surface area contributed by atoms with E-state index in [0.29, 0.717) is 0 Å². The molecule has 76 heavy (non-hydrogen) atoms. The van der Waals surface area contributed by atoms with Gasteiger partial charge in [-0.1, -0.05) is 21.6 Å². The predicted molar refractivity (Wildman–Crippen MR) is 260 cm³/mol. The maximum Gasteiger partial charge on any atom is 0.275 e. The van der Waals surface area contributed by atoms with Gasteiger partial charge in [-0.15, -0.1) is 0 Å². The first kappa shape index (κ1) is 63.2. The molecule has 32 nitrogen and oxygen atoms in total. The minimum atomic E-state index is -1.99. The highest BCUT2D eigenvalue weighted by molar-refractivity contribution is 8.76. The van der Waals surface area contributed by atoms with Gasteiger partial charge in [-0.05, 0) is 40.0 Å². The quantitative estimate of drug-likeness (QED) is 0.0725. The molecule has 3 heterocycles. The SMILES string of the molecule is CC(O)C1NC(=O)C(CCC(N)=O)NC(=O)C(CC(N)=O)NC(=O)C(C(C)O)NC(=O)C(Cc2cnc[nH]2)NC(=O)C2CCCN2C(=O)C(C(C)O)NC(=O)C(NC(=O)C[NH3+])CSSCC(C(=O)N[CH]C(=O)[O-])NC1=O. The number of aliphatic carboxylic acids is 1. The minimum Gasteiger partial charge on any atom is -0.548 e. The summed E-state index contributed by atoms with van der Waals surface area (Å²) in [6.45, 7) is 3.05. The van der Waals surface area contributed by atoms with E-state index in [1.807, 2.05) is 5.32 Å². The summed E-state index contributed by atoms with van der Waals surface area (Å²) >= 11 is 0. The highest BCUT2D eigenvalue weighted by atomic mass is 33.1. The second-order valence-electron chi connectivity index (χ2n) is 17.5. The van der Waals surface area contributed by atoms with Crippen molar-refractivity contribution >= 4 is 98.4 Å². The van der Waals surface area contributed by atoms with Crippen LogP contribution in [0.25, 0.3) is 0 Å². The molecule has 1 aromatic heterocycles. The summed E-state index contributed by atoms with van der Waals surface area (Å²) in [5, 5.41) is 63.9.